The zero-order valence-electron chi connectivity index (χ0n) is 15.6. The number of aryl methyl sites for hydroxylation is 1. The summed E-state index contributed by atoms with van der Waals surface area (Å²) in [5, 5.41) is 10.4. The van der Waals surface area contributed by atoms with Crippen LogP contribution in [0.1, 0.15) is 11.3 Å². The molecule has 1 aromatic heterocycles. The topological polar surface area (TPSA) is 67.5 Å². The number of para-hydroxylation sites is 1. The summed E-state index contributed by atoms with van der Waals surface area (Å²) < 4.78 is 11.0. The average molecular weight is 359 g/mol. The number of pyridine rings is 1. The number of hydrogen-bond acceptors (Lipinski definition) is 5. The largest absolute Gasteiger partial charge is 0.496 e. The van der Waals surface area contributed by atoms with E-state index >= 15 is 0 Å². The van der Waals surface area contributed by atoms with Crippen molar-refractivity contribution in [1.29, 1.82) is 5.26 Å². The van der Waals surface area contributed by atoms with Gasteiger partial charge < -0.3 is 9.47 Å². The quantitative estimate of drug-likeness (QED) is 0.601. The first-order valence-corrected chi connectivity index (χ1v) is 8.65. The van der Waals surface area contributed by atoms with Crippen molar-refractivity contribution in [3.63, 3.8) is 0 Å². The highest BCUT2D eigenvalue weighted by Crippen LogP contribution is 2.33. The first-order valence-electron chi connectivity index (χ1n) is 8.65. The molecule has 0 N–H and O–H groups in total. The number of aliphatic imine (C=N–C) groups is 1. The summed E-state index contributed by atoms with van der Waals surface area (Å²) in [6.45, 7) is 1.92. The van der Waals surface area contributed by atoms with Crippen molar-refractivity contribution >= 4 is 22.8 Å². The minimum Gasteiger partial charge on any atom is -0.496 e. The van der Waals surface area contributed by atoms with Crippen LogP contribution >= 0.6 is 0 Å². The van der Waals surface area contributed by atoms with E-state index in [1.807, 2.05) is 55.5 Å². The highest BCUT2D eigenvalue weighted by Gasteiger charge is 2.14. The summed E-state index contributed by atoms with van der Waals surface area (Å²) in [7, 11) is 3.26. The summed E-state index contributed by atoms with van der Waals surface area (Å²) in [5.74, 6) is 1.06. The monoisotopic (exact) mass is 359 g/mol. The lowest BCUT2D eigenvalue weighted by atomic mass is 9.99. The molecule has 3 aromatic rings. The van der Waals surface area contributed by atoms with Crippen LogP contribution < -0.4 is 9.47 Å². The third kappa shape index (κ3) is 4.24. The number of ether oxygens (including phenoxy) is 2. The lowest BCUT2D eigenvalue weighted by Crippen LogP contribution is -2.04. The van der Waals surface area contributed by atoms with Gasteiger partial charge in [0.05, 0.1) is 31.9 Å². The molecule has 136 valence electrons. The Morgan fingerprint density at radius 1 is 1.11 bits per heavy atom. The Labute approximate surface area is 158 Å². The molecule has 0 bridgehead atoms. The Hall–Kier alpha value is -3.39. The number of nitriles is 1. The Morgan fingerprint density at radius 3 is 2.52 bits per heavy atom. The molecule has 1 heterocycles. The maximum Gasteiger partial charge on any atom is 0.145 e. The van der Waals surface area contributed by atoms with Crippen LogP contribution in [0.25, 0.3) is 10.9 Å². The normalized spacial score (nSPS) is 12.1. The van der Waals surface area contributed by atoms with Crippen LogP contribution in [0.5, 0.6) is 11.5 Å². The lowest BCUT2D eigenvalue weighted by Gasteiger charge is -2.13. The molecule has 2 aromatic carbocycles. The summed E-state index contributed by atoms with van der Waals surface area (Å²) in [6, 6.07) is 17.7. The molecular formula is C22H21N3O2. The van der Waals surface area contributed by atoms with Gasteiger partial charge in [-0.2, -0.15) is 5.26 Å². The minimum absolute atomic E-state index is 0.350. The van der Waals surface area contributed by atoms with Crippen molar-refractivity contribution in [2.75, 3.05) is 14.2 Å². The van der Waals surface area contributed by atoms with Crippen LogP contribution in [0.4, 0.5) is 5.69 Å². The summed E-state index contributed by atoms with van der Waals surface area (Å²) in [6.07, 6.45) is 2.22. The second kappa shape index (κ2) is 8.33. The first-order chi connectivity index (χ1) is 13.1. The zero-order chi connectivity index (χ0) is 19.2. The van der Waals surface area contributed by atoms with Gasteiger partial charge in [0.1, 0.15) is 17.0 Å². The van der Waals surface area contributed by atoms with Gasteiger partial charge in [-0.3, -0.25) is 4.99 Å². The molecule has 0 aliphatic heterocycles. The molecule has 0 saturated carbocycles. The molecule has 1 atom stereocenters. The van der Waals surface area contributed by atoms with E-state index in [0.717, 1.165) is 33.6 Å². The second-order valence-electron chi connectivity index (χ2n) is 6.21. The van der Waals surface area contributed by atoms with Gasteiger partial charge in [0.2, 0.25) is 0 Å². The van der Waals surface area contributed by atoms with Gasteiger partial charge >= 0.3 is 0 Å². The van der Waals surface area contributed by atoms with Gasteiger partial charge in [-0.25, -0.2) is 4.98 Å². The number of rotatable bonds is 6. The predicted molar refractivity (Wildman–Crippen MR) is 107 cm³/mol. The molecule has 0 radical (unpaired) electrons. The smallest absolute Gasteiger partial charge is 0.145 e. The fourth-order valence-electron chi connectivity index (χ4n) is 2.96. The SMILES string of the molecule is COc1cc(C)nc2c(OC)cc(CC(C#N)C=Nc3ccccc3)cc12. The molecule has 27 heavy (non-hydrogen) atoms. The number of hydrogen-bond donors (Lipinski definition) is 0. The highest BCUT2D eigenvalue weighted by atomic mass is 16.5. The lowest BCUT2D eigenvalue weighted by molar-refractivity contribution is 0.413. The van der Waals surface area contributed by atoms with Crippen LogP contribution in [0, 0.1) is 24.2 Å². The van der Waals surface area contributed by atoms with E-state index in [9.17, 15) is 5.26 Å². The molecule has 1 unspecified atom stereocenters. The van der Waals surface area contributed by atoms with E-state index in [4.69, 9.17) is 9.47 Å². The molecule has 0 amide bonds. The van der Waals surface area contributed by atoms with Gasteiger partial charge in [-0.1, -0.05) is 18.2 Å². The third-order valence-electron chi connectivity index (χ3n) is 4.25. The highest BCUT2D eigenvalue weighted by molar-refractivity contribution is 5.91. The summed E-state index contributed by atoms with van der Waals surface area (Å²) in [5.41, 5.74) is 3.41. The van der Waals surface area contributed by atoms with Crippen LogP contribution in [0.3, 0.4) is 0 Å². The van der Waals surface area contributed by atoms with Gasteiger partial charge in [0.25, 0.3) is 0 Å². The molecular weight excluding hydrogens is 338 g/mol. The van der Waals surface area contributed by atoms with Crippen molar-refractivity contribution in [3.05, 3.63) is 59.8 Å². The van der Waals surface area contributed by atoms with Crippen molar-refractivity contribution in [1.82, 2.24) is 4.98 Å². The van der Waals surface area contributed by atoms with Crippen LogP contribution in [-0.2, 0) is 6.42 Å². The fourth-order valence-corrected chi connectivity index (χ4v) is 2.96. The maximum absolute atomic E-state index is 9.53. The van der Waals surface area contributed by atoms with E-state index in [1.165, 1.54) is 0 Å². The van der Waals surface area contributed by atoms with Crippen LogP contribution in [0.2, 0.25) is 0 Å². The second-order valence-corrected chi connectivity index (χ2v) is 6.21. The summed E-state index contributed by atoms with van der Waals surface area (Å²) >= 11 is 0. The van der Waals surface area contributed by atoms with E-state index in [-0.39, 0.29) is 5.92 Å². The maximum atomic E-state index is 9.53. The van der Waals surface area contributed by atoms with Gasteiger partial charge in [-0.05, 0) is 43.2 Å². The number of fused-ring (bicyclic) bond motifs is 1. The van der Waals surface area contributed by atoms with Crippen molar-refractivity contribution in [3.8, 4) is 17.6 Å². The van der Waals surface area contributed by atoms with Gasteiger partial charge in [-0.15, -0.1) is 0 Å². The van der Waals surface area contributed by atoms with E-state index < -0.39 is 0 Å². The Bertz CT molecular complexity index is 1010. The molecule has 3 rings (SSSR count). The Morgan fingerprint density at radius 2 is 1.85 bits per heavy atom. The third-order valence-corrected chi connectivity index (χ3v) is 4.25. The number of methoxy groups -OCH3 is 2. The number of benzene rings is 2. The first kappa shape index (κ1) is 18.4. The number of aromatic nitrogens is 1. The van der Waals surface area contributed by atoms with Crippen molar-refractivity contribution in [2.45, 2.75) is 13.3 Å². The van der Waals surface area contributed by atoms with E-state index in [2.05, 4.69) is 16.0 Å². The van der Waals surface area contributed by atoms with Crippen molar-refractivity contribution in [2.24, 2.45) is 10.9 Å². The fraction of sp³-hybridized carbons (Fsp3) is 0.227. The van der Waals surface area contributed by atoms with E-state index in [0.29, 0.717) is 12.2 Å². The standard InChI is InChI=1S/C22H21N3O2/c1-15-9-20(26-2)19-11-16(12-21(27-3)22(19)25-15)10-17(13-23)14-24-18-7-5-4-6-8-18/h4-9,11-12,14,17H,10H2,1-3H3. The average Bonchev–Trinajstić information content (AvgIpc) is 2.70. The number of nitrogens with zero attached hydrogens (tertiary/aromatic N) is 3. The van der Waals surface area contributed by atoms with Crippen LogP contribution in [0.15, 0.2) is 53.5 Å². The Kier molecular flexibility index (Phi) is 5.68. The predicted octanol–water partition coefficient (Wildman–Crippen LogP) is 4.65. The molecule has 0 aliphatic rings. The Balaban J connectivity index is 1.95. The molecule has 5 heteroatoms. The minimum atomic E-state index is -0.350. The van der Waals surface area contributed by atoms with Gasteiger partial charge in [0.15, 0.2) is 0 Å². The van der Waals surface area contributed by atoms with Gasteiger partial charge in [0, 0.05) is 23.4 Å². The van der Waals surface area contributed by atoms with E-state index in [1.54, 1.807) is 20.4 Å². The molecule has 0 spiro atoms. The molecule has 0 fully saturated rings. The molecule has 0 saturated heterocycles. The van der Waals surface area contributed by atoms with Crippen LogP contribution in [-0.4, -0.2) is 25.4 Å². The zero-order valence-corrected chi connectivity index (χ0v) is 15.6. The summed E-state index contributed by atoms with van der Waals surface area (Å²) in [4.78, 5) is 8.98. The van der Waals surface area contributed by atoms with Crippen molar-refractivity contribution < 1.29 is 9.47 Å². The molecule has 5 nitrogen and oxygen atoms in total. The molecule has 0 aliphatic carbocycles.